The number of urea groups is 1. The summed E-state index contributed by atoms with van der Waals surface area (Å²) in [4.78, 5) is 25.6. The third-order valence-corrected chi connectivity index (χ3v) is 2.20. The Morgan fingerprint density at radius 3 is 2.81 bits per heavy atom. The van der Waals surface area contributed by atoms with Crippen LogP contribution in [0, 0.1) is 0 Å². The number of nitrogens with zero attached hydrogens (tertiary/aromatic N) is 2. The van der Waals surface area contributed by atoms with Crippen LogP contribution in [0.5, 0.6) is 0 Å². The van der Waals surface area contributed by atoms with Crippen molar-refractivity contribution in [2.45, 2.75) is 0 Å². The van der Waals surface area contributed by atoms with Crippen LogP contribution in [0.4, 0.5) is 9.59 Å². The molecule has 0 spiro atoms. The quantitative estimate of drug-likeness (QED) is 0.513. The lowest BCUT2D eigenvalue weighted by molar-refractivity contribution is 0.0586. The summed E-state index contributed by atoms with van der Waals surface area (Å²) in [5.74, 6) is 0. The van der Waals surface area contributed by atoms with Crippen molar-refractivity contribution in [1.82, 2.24) is 9.80 Å². The monoisotopic (exact) mass is 228 g/mol. The minimum Gasteiger partial charge on any atom is -0.432 e. The smallest absolute Gasteiger partial charge is 0.432 e. The Kier molecular flexibility index (Phi) is 4.63. The van der Waals surface area contributed by atoms with E-state index in [1.165, 1.54) is 6.08 Å². The van der Waals surface area contributed by atoms with Gasteiger partial charge in [0.1, 0.15) is 13.2 Å². The van der Waals surface area contributed by atoms with Crippen molar-refractivity contribution in [3.8, 4) is 0 Å². The fourth-order valence-electron chi connectivity index (χ4n) is 1.32. The summed E-state index contributed by atoms with van der Waals surface area (Å²) >= 11 is 0. The van der Waals surface area contributed by atoms with Gasteiger partial charge in [0, 0.05) is 20.1 Å². The topological polar surface area (TPSA) is 59.1 Å². The molecule has 0 aromatic rings. The summed E-state index contributed by atoms with van der Waals surface area (Å²) < 4.78 is 9.38. The van der Waals surface area contributed by atoms with Gasteiger partial charge in [0.05, 0.1) is 6.54 Å². The highest BCUT2D eigenvalue weighted by molar-refractivity contribution is 5.76. The Bertz CT molecular complexity index is 280. The third-order valence-electron chi connectivity index (χ3n) is 2.20. The molecule has 16 heavy (non-hydrogen) atoms. The maximum atomic E-state index is 11.4. The number of rotatable bonds is 5. The van der Waals surface area contributed by atoms with Gasteiger partial charge in [0.2, 0.25) is 0 Å². The van der Waals surface area contributed by atoms with Crippen LogP contribution in [0.2, 0.25) is 0 Å². The van der Waals surface area contributed by atoms with Crippen LogP contribution in [-0.2, 0) is 9.47 Å². The lowest BCUT2D eigenvalue weighted by Gasteiger charge is -2.15. The van der Waals surface area contributed by atoms with Crippen LogP contribution >= 0.6 is 0 Å². The van der Waals surface area contributed by atoms with Crippen molar-refractivity contribution in [2.75, 3.05) is 39.9 Å². The molecule has 6 nitrogen and oxygen atoms in total. The predicted octanol–water partition coefficient (Wildman–Crippen LogP) is 0.693. The molecule has 1 rings (SSSR count). The van der Waals surface area contributed by atoms with E-state index in [1.54, 1.807) is 16.8 Å². The van der Waals surface area contributed by atoms with Gasteiger partial charge in [0.15, 0.2) is 0 Å². The SMILES string of the molecule is C=CCOC(=O)OCCN1CCN(C)C1=O. The molecule has 1 aliphatic heterocycles. The standard InChI is InChI=1S/C10H16N2O4/c1-3-7-15-10(14)16-8-6-12-5-4-11(2)9(12)13/h3H,1,4-8H2,2H3. The molecule has 90 valence electrons. The number of likely N-dealkylation sites (N-methyl/N-ethyl adjacent to an activating group) is 1. The molecule has 0 N–H and O–H groups in total. The van der Waals surface area contributed by atoms with Crippen LogP contribution in [0.1, 0.15) is 0 Å². The summed E-state index contributed by atoms with van der Waals surface area (Å²) in [6.45, 7) is 5.45. The lowest BCUT2D eigenvalue weighted by atomic mass is 10.5. The molecule has 0 saturated carbocycles. The predicted molar refractivity (Wildman–Crippen MR) is 57.1 cm³/mol. The van der Waals surface area contributed by atoms with Gasteiger partial charge in [-0.1, -0.05) is 12.7 Å². The van der Waals surface area contributed by atoms with E-state index in [-0.39, 0.29) is 19.2 Å². The van der Waals surface area contributed by atoms with Gasteiger partial charge >= 0.3 is 12.2 Å². The molecule has 1 aliphatic rings. The summed E-state index contributed by atoms with van der Waals surface area (Å²) in [6, 6.07) is -0.0388. The van der Waals surface area contributed by atoms with Crippen LogP contribution < -0.4 is 0 Å². The molecule has 0 atom stereocenters. The molecule has 0 aliphatic carbocycles. The number of hydrogen-bond acceptors (Lipinski definition) is 4. The van der Waals surface area contributed by atoms with Gasteiger partial charge in [-0.15, -0.1) is 0 Å². The van der Waals surface area contributed by atoms with Gasteiger partial charge in [-0.05, 0) is 0 Å². The molecule has 0 aromatic heterocycles. The summed E-state index contributed by atoms with van der Waals surface area (Å²) in [5.41, 5.74) is 0. The van der Waals surface area contributed by atoms with E-state index in [9.17, 15) is 9.59 Å². The first kappa shape index (κ1) is 12.4. The molecule has 0 aromatic carbocycles. The second-order valence-corrected chi connectivity index (χ2v) is 3.39. The van der Waals surface area contributed by atoms with E-state index in [0.717, 1.165) is 0 Å². The minimum atomic E-state index is -0.736. The van der Waals surface area contributed by atoms with Gasteiger partial charge in [-0.25, -0.2) is 9.59 Å². The molecule has 1 saturated heterocycles. The number of ether oxygens (including phenoxy) is 2. The summed E-state index contributed by atoms with van der Waals surface area (Å²) in [7, 11) is 1.74. The summed E-state index contributed by atoms with van der Waals surface area (Å²) in [5, 5.41) is 0. The zero-order valence-corrected chi connectivity index (χ0v) is 9.35. The van der Waals surface area contributed by atoms with Crippen LogP contribution in [0.15, 0.2) is 12.7 Å². The van der Waals surface area contributed by atoms with Crippen molar-refractivity contribution >= 4 is 12.2 Å². The van der Waals surface area contributed by atoms with Gasteiger partial charge < -0.3 is 19.3 Å². The number of carbonyl (C=O) groups excluding carboxylic acids is 2. The van der Waals surface area contributed by atoms with Gasteiger partial charge in [-0.2, -0.15) is 0 Å². The first-order valence-corrected chi connectivity index (χ1v) is 5.05. The molecular weight excluding hydrogens is 212 g/mol. The highest BCUT2D eigenvalue weighted by Gasteiger charge is 2.24. The maximum absolute atomic E-state index is 11.4. The van der Waals surface area contributed by atoms with Gasteiger partial charge in [-0.3, -0.25) is 0 Å². The fourth-order valence-corrected chi connectivity index (χ4v) is 1.32. The average Bonchev–Trinajstić information content (AvgIpc) is 2.58. The average molecular weight is 228 g/mol. The van der Waals surface area contributed by atoms with E-state index < -0.39 is 6.16 Å². The second kappa shape index (κ2) is 5.99. The normalized spacial score (nSPS) is 15.2. The maximum Gasteiger partial charge on any atom is 0.508 e. The first-order valence-electron chi connectivity index (χ1n) is 5.05. The highest BCUT2D eigenvalue weighted by Crippen LogP contribution is 2.04. The van der Waals surface area contributed by atoms with Crippen LogP contribution in [0.3, 0.4) is 0 Å². The number of amides is 2. The Hall–Kier alpha value is -1.72. The fraction of sp³-hybridized carbons (Fsp3) is 0.600. The summed E-state index contributed by atoms with van der Waals surface area (Å²) in [6.07, 6.45) is 0.722. The highest BCUT2D eigenvalue weighted by atomic mass is 16.7. The van der Waals surface area contributed by atoms with E-state index in [0.29, 0.717) is 19.6 Å². The zero-order chi connectivity index (χ0) is 12.0. The first-order chi connectivity index (χ1) is 7.65. The van der Waals surface area contributed by atoms with Crippen molar-refractivity contribution in [3.05, 3.63) is 12.7 Å². The largest absolute Gasteiger partial charge is 0.508 e. The molecule has 6 heteroatoms. The Morgan fingerprint density at radius 2 is 2.25 bits per heavy atom. The Balaban J connectivity index is 2.13. The molecule has 0 unspecified atom stereocenters. The zero-order valence-electron chi connectivity index (χ0n) is 9.35. The molecule has 0 bridgehead atoms. The molecular formula is C10H16N2O4. The van der Waals surface area contributed by atoms with Gasteiger partial charge in [0.25, 0.3) is 0 Å². The molecule has 1 fully saturated rings. The third kappa shape index (κ3) is 3.45. The minimum absolute atomic E-state index is 0.0388. The van der Waals surface area contributed by atoms with E-state index in [2.05, 4.69) is 11.3 Å². The Labute approximate surface area is 94.4 Å². The van der Waals surface area contributed by atoms with Crippen molar-refractivity contribution < 1.29 is 19.1 Å². The molecule has 1 heterocycles. The number of carbonyl (C=O) groups is 2. The van der Waals surface area contributed by atoms with Crippen LogP contribution in [0.25, 0.3) is 0 Å². The van der Waals surface area contributed by atoms with Crippen molar-refractivity contribution in [3.63, 3.8) is 0 Å². The van der Waals surface area contributed by atoms with E-state index >= 15 is 0 Å². The Morgan fingerprint density at radius 1 is 1.50 bits per heavy atom. The van der Waals surface area contributed by atoms with E-state index in [1.807, 2.05) is 0 Å². The second-order valence-electron chi connectivity index (χ2n) is 3.39. The van der Waals surface area contributed by atoms with Crippen molar-refractivity contribution in [1.29, 1.82) is 0 Å². The van der Waals surface area contributed by atoms with E-state index in [4.69, 9.17) is 4.74 Å². The number of hydrogen-bond donors (Lipinski definition) is 0. The molecule has 2 amide bonds. The molecule has 0 radical (unpaired) electrons. The van der Waals surface area contributed by atoms with Crippen molar-refractivity contribution in [2.24, 2.45) is 0 Å². The lowest BCUT2D eigenvalue weighted by Crippen LogP contribution is -2.32. The van der Waals surface area contributed by atoms with Crippen LogP contribution in [-0.4, -0.2) is 61.9 Å².